The van der Waals surface area contributed by atoms with Gasteiger partial charge in [0.05, 0.1) is 0 Å². The molecule has 1 N–H and O–H groups in total. The highest BCUT2D eigenvalue weighted by molar-refractivity contribution is 5.85. The van der Waals surface area contributed by atoms with Gasteiger partial charge in [0.2, 0.25) is 0 Å². The molecule has 2 nitrogen and oxygen atoms in total. The van der Waals surface area contributed by atoms with Crippen LogP contribution in [0.3, 0.4) is 0 Å². The number of phenolic OH excluding ortho intramolecular Hbond substituents is 1. The predicted molar refractivity (Wildman–Crippen MR) is 88.5 cm³/mol. The van der Waals surface area contributed by atoms with E-state index in [0.717, 1.165) is 17.5 Å². The molecule has 1 aromatic rings. The van der Waals surface area contributed by atoms with Crippen molar-refractivity contribution in [1.29, 1.82) is 0 Å². The van der Waals surface area contributed by atoms with Crippen molar-refractivity contribution in [3.8, 4) is 5.75 Å². The van der Waals surface area contributed by atoms with E-state index in [9.17, 15) is 5.11 Å². The van der Waals surface area contributed by atoms with Crippen molar-refractivity contribution >= 4 is 12.4 Å². The largest absolute Gasteiger partial charge is 0.508 e. The van der Waals surface area contributed by atoms with Crippen molar-refractivity contribution < 1.29 is 5.11 Å². The van der Waals surface area contributed by atoms with E-state index in [1.54, 1.807) is 0 Å². The summed E-state index contributed by atoms with van der Waals surface area (Å²) in [4.78, 5) is 2.60. The molecule has 1 aromatic carbocycles. The fourth-order valence-corrected chi connectivity index (χ4v) is 5.37. The number of rotatable bonds is 0. The monoisotopic (exact) mass is 307 g/mol. The number of piperidine rings is 1. The first-order valence-corrected chi connectivity index (χ1v) is 8.15. The topological polar surface area (TPSA) is 23.5 Å². The highest BCUT2D eigenvalue weighted by atomic mass is 35.5. The minimum absolute atomic E-state index is 0. The molecule has 2 fully saturated rings. The van der Waals surface area contributed by atoms with Gasteiger partial charge >= 0.3 is 0 Å². The lowest BCUT2D eigenvalue weighted by atomic mass is 9.52. The van der Waals surface area contributed by atoms with Crippen LogP contribution in [0.15, 0.2) is 12.1 Å². The van der Waals surface area contributed by atoms with Gasteiger partial charge < -0.3 is 10.0 Å². The fourth-order valence-electron chi connectivity index (χ4n) is 5.37. The van der Waals surface area contributed by atoms with Crippen molar-refractivity contribution in [2.45, 2.75) is 56.9 Å². The molecule has 2 aliphatic carbocycles. The Balaban J connectivity index is 0.00000132. The van der Waals surface area contributed by atoms with Crippen LogP contribution in [0.5, 0.6) is 5.75 Å². The summed E-state index contributed by atoms with van der Waals surface area (Å²) in [5.74, 6) is 1.31. The molecule has 4 rings (SSSR count). The third kappa shape index (κ3) is 2.03. The van der Waals surface area contributed by atoms with E-state index < -0.39 is 0 Å². The first-order valence-electron chi connectivity index (χ1n) is 8.15. The molecule has 0 amide bonds. The Kier molecular flexibility index (Phi) is 3.74. The summed E-state index contributed by atoms with van der Waals surface area (Å²) < 4.78 is 0. The van der Waals surface area contributed by atoms with Gasteiger partial charge in [-0.1, -0.05) is 18.9 Å². The zero-order chi connectivity index (χ0) is 13.9. The molecule has 3 atom stereocenters. The molecule has 1 heterocycles. The quantitative estimate of drug-likeness (QED) is 0.788. The minimum Gasteiger partial charge on any atom is -0.508 e. The molecule has 1 saturated heterocycles. The number of nitrogens with zero attached hydrogens (tertiary/aromatic N) is 1. The summed E-state index contributed by atoms with van der Waals surface area (Å²) in [6.07, 6.45) is 7.92. The number of benzene rings is 1. The third-order valence-electron chi connectivity index (χ3n) is 6.43. The lowest BCUT2D eigenvalue weighted by molar-refractivity contribution is 0.00271. The summed E-state index contributed by atoms with van der Waals surface area (Å²) in [5.41, 5.74) is 4.41. The average Bonchev–Trinajstić information content (AvgIpc) is 2.45. The maximum Gasteiger partial charge on any atom is 0.118 e. The van der Waals surface area contributed by atoms with E-state index in [-0.39, 0.29) is 12.4 Å². The molecule has 1 saturated carbocycles. The number of likely N-dealkylation sites (tertiary alicyclic amines) is 1. The molecule has 21 heavy (non-hydrogen) atoms. The van der Waals surface area contributed by atoms with E-state index in [1.165, 1.54) is 56.2 Å². The molecule has 0 radical (unpaired) electrons. The molecule has 0 spiro atoms. The number of hydrogen-bond donors (Lipinski definition) is 1. The number of aromatic hydroxyl groups is 1. The first kappa shape index (κ1) is 15.2. The van der Waals surface area contributed by atoms with Crippen molar-refractivity contribution in [2.24, 2.45) is 5.92 Å². The first-order chi connectivity index (χ1) is 9.62. The lowest BCUT2D eigenvalue weighted by Crippen LogP contribution is -2.59. The van der Waals surface area contributed by atoms with Gasteiger partial charge in [-0.25, -0.2) is 0 Å². The molecule has 2 bridgehead atoms. The second-order valence-electron chi connectivity index (χ2n) is 7.31. The Morgan fingerprint density at radius 1 is 1.24 bits per heavy atom. The maximum atomic E-state index is 10.2. The second-order valence-corrected chi connectivity index (χ2v) is 7.31. The van der Waals surface area contributed by atoms with Gasteiger partial charge in [-0.15, -0.1) is 12.4 Å². The zero-order valence-corrected chi connectivity index (χ0v) is 13.9. The molecule has 116 valence electrons. The van der Waals surface area contributed by atoms with Crippen LogP contribution in [-0.4, -0.2) is 29.6 Å². The number of likely N-dealkylation sites (N-methyl/N-ethyl adjacent to an activating group) is 1. The van der Waals surface area contributed by atoms with Gasteiger partial charge in [-0.2, -0.15) is 0 Å². The Morgan fingerprint density at radius 3 is 2.86 bits per heavy atom. The number of halogens is 1. The Hall–Kier alpha value is -0.730. The van der Waals surface area contributed by atoms with E-state index in [0.29, 0.717) is 11.2 Å². The fraction of sp³-hybridized carbons (Fsp3) is 0.667. The summed E-state index contributed by atoms with van der Waals surface area (Å²) in [6.45, 7) is 3.25. The van der Waals surface area contributed by atoms with Gasteiger partial charge in [-0.05, 0) is 74.9 Å². The zero-order valence-electron chi connectivity index (χ0n) is 13.1. The maximum absolute atomic E-state index is 10.2. The molecular formula is C18H26ClNO. The number of aryl methyl sites for hydroxylation is 1. The Labute approximate surface area is 134 Å². The van der Waals surface area contributed by atoms with E-state index in [1.807, 2.05) is 6.92 Å². The summed E-state index contributed by atoms with van der Waals surface area (Å²) in [6, 6.07) is 5.09. The third-order valence-corrected chi connectivity index (χ3v) is 6.43. The predicted octanol–water partition coefficient (Wildman–Crippen LogP) is 3.81. The summed E-state index contributed by atoms with van der Waals surface area (Å²) >= 11 is 0. The van der Waals surface area contributed by atoms with Crippen LogP contribution in [0.1, 0.15) is 48.8 Å². The Bertz CT molecular complexity index is 558. The summed E-state index contributed by atoms with van der Waals surface area (Å²) in [5, 5.41) is 10.2. The average molecular weight is 308 g/mol. The van der Waals surface area contributed by atoms with Gasteiger partial charge in [0.25, 0.3) is 0 Å². The van der Waals surface area contributed by atoms with Gasteiger partial charge in [0, 0.05) is 11.5 Å². The van der Waals surface area contributed by atoms with Gasteiger partial charge in [-0.3, -0.25) is 0 Å². The molecule has 0 aromatic heterocycles. The molecule has 3 aliphatic rings. The number of phenols is 1. The van der Waals surface area contributed by atoms with Gasteiger partial charge in [0.1, 0.15) is 5.75 Å². The molecular weight excluding hydrogens is 282 g/mol. The van der Waals surface area contributed by atoms with E-state index in [2.05, 4.69) is 24.1 Å². The van der Waals surface area contributed by atoms with Crippen LogP contribution >= 0.6 is 12.4 Å². The lowest BCUT2D eigenvalue weighted by Gasteiger charge is -2.58. The van der Waals surface area contributed by atoms with Crippen LogP contribution in [0, 0.1) is 12.8 Å². The van der Waals surface area contributed by atoms with Crippen molar-refractivity contribution in [3.05, 3.63) is 28.8 Å². The number of fused-ring (bicyclic) bond motifs is 1. The standard InChI is InChI=1S/C18H25NO.ClH/c1-12-9-13-10-16-14-5-3-4-6-18(14,7-8-19(16)2)15(13)11-17(12)20;/h9,11,14,16,20H,3-8,10H2,1-2H3;1H/t14-,16-,18+;/m0./s1. The van der Waals surface area contributed by atoms with Crippen molar-refractivity contribution in [1.82, 2.24) is 4.90 Å². The van der Waals surface area contributed by atoms with Crippen LogP contribution in [0.4, 0.5) is 0 Å². The highest BCUT2D eigenvalue weighted by Gasteiger charge is 2.53. The van der Waals surface area contributed by atoms with Crippen LogP contribution in [-0.2, 0) is 11.8 Å². The minimum atomic E-state index is 0. The summed E-state index contributed by atoms with van der Waals surface area (Å²) in [7, 11) is 2.31. The van der Waals surface area contributed by atoms with Crippen molar-refractivity contribution in [2.75, 3.05) is 13.6 Å². The molecule has 1 aliphatic heterocycles. The number of hydrogen-bond acceptors (Lipinski definition) is 2. The SMILES string of the molecule is Cc1cc2c(cc1O)[C@@]13CCCC[C@H]1[C@H](C2)N(C)CC3.Cl. The molecule has 3 heteroatoms. The van der Waals surface area contributed by atoms with Crippen LogP contribution in [0.25, 0.3) is 0 Å². The van der Waals surface area contributed by atoms with Crippen LogP contribution < -0.4 is 0 Å². The molecule has 0 unspecified atom stereocenters. The highest BCUT2D eigenvalue weighted by Crippen LogP contribution is 2.56. The normalized spacial score (nSPS) is 34.6. The second kappa shape index (κ2) is 5.17. The van der Waals surface area contributed by atoms with E-state index >= 15 is 0 Å². The van der Waals surface area contributed by atoms with E-state index in [4.69, 9.17) is 0 Å². The van der Waals surface area contributed by atoms with Crippen molar-refractivity contribution in [3.63, 3.8) is 0 Å². The van der Waals surface area contributed by atoms with Crippen LogP contribution in [0.2, 0.25) is 0 Å². The van der Waals surface area contributed by atoms with Gasteiger partial charge in [0.15, 0.2) is 0 Å². The Morgan fingerprint density at radius 2 is 2.05 bits per heavy atom. The smallest absolute Gasteiger partial charge is 0.118 e.